The summed E-state index contributed by atoms with van der Waals surface area (Å²) in [5.41, 5.74) is 2.35. The van der Waals surface area contributed by atoms with Crippen molar-refractivity contribution in [2.24, 2.45) is 5.92 Å². The van der Waals surface area contributed by atoms with Crippen LogP contribution in [-0.4, -0.2) is 36.0 Å². The van der Waals surface area contributed by atoms with Gasteiger partial charge in [-0.15, -0.1) is 0 Å². The molecule has 1 aliphatic heterocycles. The van der Waals surface area contributed by atoms with Crippen LogP contribution in [0.4, 0.5) is 0 Å². The van der Waals surface area contributed by atoms with E-state index in [4.69, 9.17) is 4.74 Å². The summed E-state index contributed by atoms with van der Waals surface area (Å²) in [4.78, 5) is 27.3. The standard InChI is InChI=1S/C19H24BrNO3/c1-3-24-19(23)17-10-12(2)8-9-21(17)18(22)15-7-5-13-4-6-14(20)11-16(13)15/h4,6,11-12,15,17H,3,5,7-10H2,1-2H3/t12-,15?,17-/m1/s1. The Morgan fingerprint density at radius 2 is 2.12 bits per heavy atom. The summed E-state index contributed by atoms with van der Waals surface area (Å²) in [6.07, 6.45) is 3.39. The molecule has 0 bridgehead atoms. The van der Waals surface area contributed by atoms with Crippen LogP contribution < -0.4 is 0 Å². The molecule has 5 heteroatoms. The third-order valence-corrected chi connectivity index (χ3v) is 5.68. The number of fused-ring (bicyclic) bond motifs is 1. The number of esters is 1. The van der Waals surface area contributed by atoms with E-state index in [-0.39, 0.29) is 17.8 Å². The van der Waals surface area contributed by atoms with Crippen LogP contribution >= 0.6 is 15.9 Å². The van der Waals surface area contributed by atoms with E-state index in [1.54, 1.807) is 11.8 Å². The number of halogens is 1. The molecule has 130 valence electrons. The van der Waals surface area contributed by atoms with Crippen LogP contribution in [0.2, 0.25) is 0 Å². The highest BCUT2D eigenvalue weighted by Gasteiger charge is 2.40. The van der Waals surface area contributed by atoms with Crippen molar-refractivity contribution in [2.75, 3.05) is 13.2 Å². The van der Waals surface area contributed by atoms with Crippen molar-refractivity contribution in [3.05, 3.63) is 33.8 Å². The van der Waals surface area contributed by atoms with Gasteiger partial charge >= 0.3 is 5.97 Å². The highest BCUT2D eigenvalue weighted by Crippen LogP contribution is 2.37. The third kappa shape index (κ3) is 3.37. The number of ether oxygens (including phenoxy) is 1. The van der Waals surface area contributed by atoms with Gasteiger partial charge in [-0.2, -0.15) is 0 Å². The summed E-state index contributed by atoms with van der Waals surface area (Å²) >= 11 is 3.50. The first-order valence-corrected chi connectivity index (χ1v) is 9.56. The lowest BCUT2D eigenvalue weighted by atomic mass is 9.90. The van der Waals surface area contributed by atoms with Gasteiger partial charge in [0.05, 0.1) is 12.5 Å². The minimum atomic E-state index is -0.433. The molecule has 1 amide bonds. The quantitative estimate of drug-likeness (QED) is 0.735. The van der Waals surface area contributed by atoms with Crippen molar-refractivity contribution in [3.63, 3.8) is 0 Å². The van der Waals surface area contributed by atoms with Gasteiger partial charge in [-0.1, -0.05) is 28.9 Å². The summed E-state index contributed by atoms with van der Waals surface area (Å²) < 4.78 is 6.22. The minimum Gasteiger partial charge on any atom is -0.464 e. The Labute approximate surface area is 151 Å². The van der Waals surface area contributed by atoms with Gasteiger partial charge in [-0.3, -0.25) is 4.79 Å². The second kappa shape index (κ2) is 7.26. The maximum Gasteiger partial charge on any atom is 0.328 e. The van der Waals surface area contributed by atoms with E-state index < -0.39 is 6.04 Å². The molecule has 0 aromatic heterocycles. The maximum absolute atomic E-state index is 13.2. The molecule has 4 nitrogen and oxygen atoms in total. The Balaban J connectivity index is 1.83. The van der Waals surface area contributed by atoms with Crippen molar-refractivity contribution in [1.29, 1.82) is 0 Å². The fourth-order valence-electron chi connectivity index (χ4n) is 3.90. The molecule has 0 radical (unpaired) electrons. The fourth-order valence-corrected chi connectivity index (χ4v) is 4.28. The number of hydrogen-bond donors (Lipinski definition) is 0. The van der Waals surface area contributed by atoms with E-state index in [2.05, 4.69) is 35.0 Å². The topological polar surface area (TPSA) is 46.6 Å². The number of carbonyl (C=O) groups excluding carboxylic acids is 2. The van der Waals surface area contributed by atoms with E-state index in [1.807, 2.05) is 6.07 Å². The highest BCUT2D eigenvalue weighted by atomic mass is 79.9. The number of amides is 1. The molecular weight excluding hydrogens is 370 g/mol. The molecule has 0 spiro atoms. The normalized spacial score (nSPS) is 26.1. The monoisotopic (exact) mass is 393 g/mol. The van der Waals surface area contributed by atoms with Gasteiger partial charge in [0, 0.05) is 11.0 Å². The maximum atomic E-state index is 13.2. The van der Waals surface area contributed by atoms with Crippen LogP contribution in [0.5, 0.6) is 0 Å². The lowest BCUT2D eigenvalue weighted by Crippen LogP contribution is -2.51. The van der Waals surface area contributed by atoms with Gasteiger partial charge < -0.3 is 9.64 Å². The van der Waals surface area contributed by atoms with Crippen LogP contribution in [0.25, 0.3) is 0 Å². The molecule has 1 fully saturated rings. The zero-order valence-electron chi connectivity index (χ0n) is 14.3. The van der Waals surface area contributed by atoms with Gasteiger partial charge in [-0.05, 0) is 61.8 Å². The number of rotatable bonds is 3. The lowest BCUT2D eigenvalue weighted by molar-refractivity contribution is -0.158. The second-order valence-electron chi connectivity index (χ2n) is 6.86. The molecule has 3 rings (SSSR count). The van der Waals surface area contributed by atoms with E-state index in [9.17, 15) is 9.59 Å². The highest BCUT2D eigenvalue weighted by molar-refractivity contribution is 9.10. The molecule has 0 saturated carbocycles. The van der Waals surface area contributed by atoms with E-state index in [1.165, 1.54) is 5.56 Å². The molecule has 24 heavy (non-hydrogen) atoms. The molecule has 3 atom stereocenters. The largest absolute Gasteiger partial charge is 0.464 e. The van der Waals surface area contributed by atoms with Gasteiger partial charge in [0.2, 0.25) is 5.91 Å². The predicted octanol–water partition coefficient (Wildman–Crippen LogP) is 3.67. The van der Waals surface area contributed by atoms with Crippen LogP contribution in [0.1, 0.15) is 50.2 Å². The van der Waals surface area contributed by atoms with Gasteiger partial charge in [-0.25, -0.2) is 4.79 Å². The molecule has 1 heterocycles. The van der Waals surface area contributed by atoms with Crippen LogP contribution in [0.15, 0.2) is 22.7 Å². The average Bonchev–Trinajstić information content (AvgIpc) is 2.97. The summed E-state index contributed by atoms with van der Waals surface area (Å²) in [7, 11) is 0. The lowest BCUT2D eigenvalue weighted by Gasteiger charge is -2.38. The molecular formula is C19H24BrNO3. The Kier molecular flexibility index (Phi) is 5.28. The first-order chi connectivity index (χ1) is 11.5. The molecule has 1 aliphatic carbocycles. The second-order valence-corrected chi connectivity index (χ2v) is 7.78. The fraction of sp³-hybridized carbons (Fsp3) is 0.579. The van der Waals surface area contributed by atoms with Crippen molar-refractivity contribution < 1.29 is 14.3 Å². The van der Waals surface area contributed by atoms with Crippen molar-refractivity contribution in [3.8, 4) is 0 Å². The summed E-state index contributed by atoms with van der Waals surface area (Å²) in [5.74, 6) is 0.123. The van der Waals surface area contributed by atoms with Gasteiger partial charge in [0.25, 0.3) is 0 Å². The first-order valence-electron chi connectivity index (χ1n) is 8.76. The van der Waals surface area contributed by atoms with Crippen molar-refractivity contribution >= 4 is 27.8 Å². The molecule has 1 saturated heterocycles. The Morgan fingerprint density at radius 3 is 2.88 bits per heavy atom. The number of hydrogen-bond acceptors (Lipinski definition) is 3. The number of piperidine rings is 1. The third-order valence-electron chi connectivity index (χ3n) is 5.19. The van der Waals surface area contributed by atoms with E-state index >= 15 is 0 Å². The smallest absolute Gasteiger partial charge is 0.328 e. The molecule has 1 aromatic carbocycles. The van der Waals surface area contributed by atoms with Crippen LogP contribution in [0.3, 0.4) is 0 Å². The number of carbonyl (C=O) groups is 2. The molecule has 1 aromatic rings. The predicted molar refractivity (Wildman–Crippen MR) is 95.7 cm³/mol. The van der Waals surface area contributed by atoms with E-state index in [0.717, 1.165) is 29.3 Å². The molecule has 0 N–H and O–H groups in total. The van der Waals surface area contributed by atoms with E-state index in [0.29, 0.717) is 25.5 Å². The summed E-state index contributed by atoms with van der Waals surface area (Å²) in [5, 5.41) is 0. The Hall–Kier alpha value is -1.36. The minimum absolute atomic E-state index is 0.0804. The Morgan fingerprint density at radius 1 is 1.33 bits per heavy atom. The van der Waals surface area contributed by atoms with Gasteiger partial charge in [0.1, 0.15) is 6.04 Å². The van der Waals surface area contributed by atoms with Crippen LogP contribution in [0, 0.1) is 5.92 Å². The van der Waals surface area contributed by atoms with Crippen molar-refractivity contribution in [2.45, 2.75) is 51.5 Å². The number of benzene rings is 1. The van der Waals surface area contributed by atoms with Gasteiger partial charge in [0.15, 0.2) is 0 Å². The number of aryl methyl sites for hydroxylation is 1. The number of nitrogens with zero attached hydrogens (tertiary/aromatic N) is 1. The zero-order valence-corrected chi connectivity index (χ0v) is 15.8. The average molecular weight is 394 g/mol. The zero-order chi connectivity index (χ0) is 17.3. The number of likely N-dealkylation sites (tertiary alicyclic amines) is 1. The van der Waals surface area contributed by atoms with Crippen molar-refractivity contribution in [1.82, 2.24) is 4.90 Å². The first kappa shape index (κ1) is 17.5. The van der Waals surface area contributed by atoms with Crippen LogP contribution in [-0.2, 0) is 20.7 Å². The summed E-state index contributed by atoms with van der Waals surface area (Å²) in [6, 6.07) is 5.73. The summed E-state index contributed by atoms with van der Waals surface area (Å²) in [6.45, 7) is 4.94. The molecule has 2 aliphatic rings. The molecule has 1 unspecified atom stereocenters. The Bertz CT molecular complexity index is 645. The SMILES string of the molecule is CCOC(=O)[C@H]1C[C@H](C)CCN1C(=O)C1CCc2ccc(Br)cc21.